The van der Waals surface area contributed by atoms with Gasteiger partial charge >= 0.3 is 0 Å². The van der Waals surface area contributed by atoms with E-state index in [0.717, 1.165) is 27.8 Å². The van der Waals surface area contributed by atoms with Gasteiger partial charge in [0.1, 0.15) is 18.4 Å². The number of carbonyl (C=O) groups is 1. The van der Waals surface area contributed by atoms with E-state index in [9.17, 15) is 9.90 Å². The van der Waals surface area contributed by atoms with Crippen LogP contribution in [0.25, 0.3) is 16.8 Å². The largest absolute Gasteiger partial charge is 0.530 e. The highest BCUT2D eigenvalue weighted by atomic mass is 16.5. The molecule has 1 heterocycles. The first kappa shape index (κ1) is 24.6. The van der Waals surface area contributed by atoms with Crippen LogP contribution >= 0.6 is 0 Å². The molecule has 0 aromatic heterocycles. The van der Waals surface area contributed by atoms with Gasteiger partial charge in [0.25, 0.3) is 0 Å². The summed E-state index contributed by atoms with van der Waals surface area (Å²) in [4.78, 5) is 12.9. The van der Waals surface area contributed by atoms with Gasteiger partial charge in [0, 0.05) is 19.0 Å². The molecule has 0 radical (unpaired) electrons. The molecule has 1 amide bonds. The Bertz CT molecular complexity index is 1350. The van der Waals surface area contributed by atoms with Crippen LogP contribution in [0.3, 0.4) is 0 Å². The third kappa shape index (κ3) is 6.38. The number of nitrogens with zero attached hydrogens (tertiary/aromatic N) is 1. The smallest absolute Gasteiger partial charge is 0.137 e. The van der Waals surface area contributed by atoms with Gasteiger partial charge in [0.15, 0.2) is 0 Å². The molecule has 0 bridgehead atoms. The first-order valence-corrected chi connectivity index (χ1v) is 12.7. The van der Waals surface area contributed by atoms with Crippen LogP contribution in [-0.4, -0.2) is 36.8 Å². The fraction of sp³-hybridized carbons (Fsp3) is 0.219. The molecular formula is C32H30NO4-. The summed E-state index contributed by atoms with van der Waals surface area (Å²) < 4.78 is 12.2. The predicted octanol–water partition coefficient (Wildman–Crippen LogP) is 5.65. The van der Waals surface area contributed by atoms with Crippen molar-refractivity contribution >= 4 is 22.9 Å². The number of rotatable bonds is 8. The van der Waals surface area contributed by atoms with Gasteiger partial charge in [-0.1, -0.05) is 84.9 Å². The van der Waals surface area contributed by atoms with E-state index in [0.29, 0.717) is 32.7 Å². The molecule has 4 aromatic carbocycles. The Labute approximate surface area is 217 Å². The summed E-state index contributed by atoms with van der Waals surface area (Å²) in [5.74, 6) is 0.880. The van der Waals surface area contributed by atoms with Gasteiger partial charge in [0.2, 0.25) is 0 Å². The van der Waals surface area contributed by atoms with E-state index in [-0.39, 0.29) is 12.0 Å². The zero-order valence-corrected chi connectivity index (χ0v) is 20.7. The zero-order valence-electron chi connectivity index (χ0n) is 20.7. The average Bonchev–Trinajstić information content (AvgIpc) is 2.95. The van der Waals surface area contributed by atoms with E-state index in [4.69, 9.17) is 9.47 Å². The van der Waals surface area contributed by atoms with E-state index in [1.807, 2.05) is 54.6 Å². The van der Waals surface area contributed by atoms with Gasteiger partial charge in [-0.05, 0) is 58.2 Å². The monoisotopic (exact) mass is 492 g/mol. The van der Waals surface area contributed by atoms with E-state index in [1.54, 1.807) is 0 Å². The van der Waals surface area contributed by atoms with Crippen molar-refractivity contribution in [1.82, 2.24) is 4.90 Å². The second kappa shape index (κ2) is 11.8. The van der Waals surface area contributed by atoms with Crippen LogP contribution in [0.2, 0.25) is 0 Å². The normalized spacial score (nSPS) is 17.8. The van der Waals surface area contributed by atoms with Crippen LogP contribution in [-0.2, 0) is 11.3 Å². The SMILES string of the molecule is O=C([O-])N1CCC(c2ccc(OC/C=C/c3ccccc3)cc2)C(OCc2ccc3ccccc3c2)C1. The lowest BCUT2D eigenvalue weighted by atomic mass is 9.87. The lowest BCUT2D eigenvalue weighted by Gasteiger charge is -2.40. The van der Waals surface area contributed by atoms with Crippen LogP contribution in [0, 0.1) is 0 Å². The summed E-state index contributed by atoms with van der Waals surface area (Å²) in [6.07, 6.45) is 3.30. The molecule has 2 unspecified atom stereocenters. The van der Waals surface area contributed by atoms with Crippen LogP contribution in [0.1, 0.15) is 29.0 Å². The van der Waals surface area contributed by atoms with Crippen molar-refractivity contribution in [3.8, 4) is 5.75 Å². The fourth-order valence-corrected chi connectivity index (χ4v) is 4.87. The molecule has 1 fully saturated rings. The molecule has 4 aromatic rings. The van der Waals surface area contributed by atoms with Crippen molar-refractivity contribution in [2.45, 2.75) is 25.0 Å². The molecule has 37 heavy (non-hydrogen) atoms. The second-order valence-electron chi connectivity index (χ2n) is 9.33. The minimum atomic E-state index is -1.15. The average molecular weight is 493 g/mol. The molecule has 0 saturated carbocycles. The van der Waals surface area contributed by atoms with Gasteiger partial charge < -0.3 is 24.3 Å². The maximum absolute atomic E-state index is 11.6. The minimum Gasteiger partial charge on any atom is -0.530 e. The summed E-state index contributed by atoms with van der Waals surface area (Å²) in [5, 5.41) is 13.9. The number of ether oxygens (including phenoxy) is 2. The lowest BCUT2D eigenvalue weighted by Crippen LogP contribution is -2.51. The first-order valence-electron chi connectivity index (χ1n) is 12.7. The number of amides is 1. The Balaban J connectivity index is 1.23. The highest BCUT2D eigenvalue weighted by Gasteiger charge is 2.31. The molecule has 1 aliphatic heterocycles. The van der Waals surface area contributed by atoms with Crippen LogP contribution < -0.4 is 9.84 Å². The van der Waals surface area contributed by atoms with Gasteiger partial charge in [-0.15, -0.1) is 0 Å². The van der Waals surface area contributed by atoms with Crippen molar-refractivity contribution in [2.75, 3.05) is 19.7 Å². The maximum Gasteiger partial charge on any atom is 0.137 e. The third-order valence-corrected chi connectivity index (χ3v) is 6.86. The Morgan fingerprint density at radius 3 is 2.46 bits per heavy atom. The Morgan fingerprint density at radius 2 is 1.68 bits per heavy atom. The van der Waals surface area contributed by atoms with Crippen molar-refractivity contribution in [2.24, 2.45) is 0 Å². The number of piperidine rings is 1. The molecule has 0 aliphatic carbocycles. The molecule has 5 rings (SSSR count). The number of fused-ring (bicyclic) bond motifs is 1. The van der Waals surface area contributed by atoms with Crippen LogP contribution in [0.5, 0.6) is 5.75 Å². The van der Waals surface area contributed by atoms with Crippen molar-refractivity contribution in [1.29, 1.82) is 0 Å². The summed E-state index contributed by atoms with van der Waals surface area (Å²) in [5.41, 5.74) is 3.32. The Kier molecular flexibility index (Phi) is 7.82. The Morgan fingerprint density at radius 1 is 0.919 bits per heavy atom. The maximum atomic E-state index is 11.6. The topological polar surface area (TPSA) is 61.8 Å². The zero-order chi connectivity index (χ0) is 25.5. The minimum absolute atomic E-state index is 0.0862. The molecule has 5 nitrogen and oxygen atoms in total. The second-order valence-corrected chi connectivity index (χ2v) is 9.33. The van der Waals surface area contributed by atoms with Crippen molar-refractivity contribution in [3.05, 3.63) is 120 Å². The highest BCUT2D eigenvalue weighted by molar-refractivity contribution is 5.82. The third-order valence-electron chi connectivity index (χ3n) is 6.86. The molecular weight excluding hydrogens is 462 g/mol. The predicted molar refractivity (Wildman–Crippen MR) is 144 cm³/mol. The van der Waals surface area contributed by atoms with E-state index < -0.39 is 6.09 Å². The van der Waals surface area contributed by atoms with Gasteiger partial charge in [-0.3, -0.25) is 0 Å². The number of hydrogen-bond donors (Lipinski definition) is 0. The molecule has 1 saturated heterocycles. The first-order chi connectivity index (χ1) is 18.2. The number of carbonyl (C=O) groups excluding carboxylic acids is 1. The van der Waals surface area contributed by atoms with Gasteiger partial charge in [-0.25, -0.2) is 0 Å². The molecule has 5 heteroatoms. The molecule has 2 atom stereocenters. The number of hydrogen-bond acceptors (Lipinski definition) is 4. The highest BCUT2D eigenvalue weighted by Crippen LogP contribution is 2.32. The summed E-state index contributed by atoms with van der Waals surface area (Å²) in [6, 6.07) is 32.7. The van der Waals surface area contributed by atoms with Crippen LogP contribution in [0.15, 0.2) is 103 Å². The van der Waals surface area contributed by atoms with E-state index >= 15 is 0 Å². The van der Waals surface area contributed by atoms with Crippen LogP contribution in [0.4, 0.5) is 4.79 Å². The number of likely N-dealkylation sites (tertiary alicyclic amines) is 1. The molecule has 1 aliphatic rings. The molecule has 0 spiro atoms. The van der Waals surface area contributed by atoms with E-state index in [1.165, 1.54) is 10.3 Å². The fourth-order valence-electron chi connectivity index (χ4n) is 4.87. The number of benzene rings is 4. The summed E-state index contributed by atoms with van der Waals surface area (Å²) in [6.45, 7) is 1.63. The summed E-state index contributed by atoms with van der Waals surface area (Å²) >= 11 is 0. The van der Waals surface area contributed by atoms with Crippen molar-refractivity contribution < 1.29 is 19.4 Å². The van der Waals surface area contributed by atoms with Crippen molar-refractivity contribution in [3.63, 3.8) is 0 Å². The standard InChI is InChI=1S/C32H31NO4/c34-32(35)33-19-18-30(31(22-33)37-23-25-12-13-26-10-4-5-11-28(26)21-25)27-14-16-29(17-15-27)36-20-6-9-24-7-2-1-3-8-24/h1-17,21,30-31H,18-20,22-23H2,(H,34,35)/p-1/b9-6+. The lowest BCUT2D eigenvalue weighted by molar-refractivity contribution is -0.268. The Hall–Kier alpha value is -4.09. The quantitative estimate of drug-likeness (QED) is 0.319. The van der Waals surface area contributed by atoms with Gasteiger partial charge in [0.05, 0.1) is 12.7 Å². The van der Waals surface area contributed by atoms with E-state index in [2.05, 4.69) is 54.6 Å². The van der Waals surface area contributed by atoms with Gasteiger partial charge in [-0.2, -0.15) is 0 Å². The molecule has 0 N–H and O–H groups in total. The number of carboxylic acid groups (broad SMARTS) is 1. The molecule has 188 valence electrons. The summed E-state index contributed by atoms with van der Waals surface area (Å²) in [7, 11) is 0.